The topological polar surface area (TPSA) is 48.1 Å². The van der Waals surface area contributed by atoms with Crippen molar-refractivity contribution in [2.45, 2.75) is 25.3 Å². The van der Waals surface area contributed by atoms with Crippen LogP contribution >= 0.6 is 11.3 Å². The van der Waals surface area contributed by atoms with Crippen LogP contribution in [0.2, 0.25) is 0 Å². The lowest BCUT2D eigenvalue weighted by atomic mass is 10.2. The summed E-state index contributed by atoms with van der Waals surface area (Å²) in [6.07, 6.45) is 3.12. The van der Waals surface area contributed by atoms with E-state index in [1.807, 2.05) is 6.20 Å². The van der Waals surface area contributed by atoms with Gasteiger partial charge in [-0.15, -0.1) is 0 Å². The molecule has 0 aliphatic heterocycles. The Balaban J connectivity index is 2.03. The van der Waals surface area contributed by atoms with Gasteiger partial charge >= 0.3 is 0 Å². The van der Waals surface area contributed by atoms with E-state index in [0.717, 1.165) is 5.19 Å². The van der Waals surface area contributed by atoms with E-state index in [1.54, 1.807) is 18.4 Å². The second-order valence-electron chi connectivity index (χ2n) is 3.60. The fourth-order valence-corrected chi connectivity index (χ4v) is 2.58. The van der Waals surface area contributed by atoms with Crippen LogP contribution in [0.4, 0.5) is 0 Å². The van der Waals surface area contributed by atoms with Crippen molar-refractivity contribution < 1.29 is 4.74 Å². The minimum Gasteiger partial charge on any atom is -0.473 e. The third-order valence-electron chi connectivity index (χ3n) is 2.56. The molecular weight excluding hydrogens is 184 g/mol. The van der Waals surface area contributed by atoms with E-state index >= 15 is 0 Å². The van der Waals surface area contributed by atoms with Gasteiger partial charge in [0.05, 0.1) is 7.11 Å². The van der Waals surface area contributed by atoms with Gasteiger partial charge in [0.15, 0.2) is 0 Å². The van der Waals surface area contributed by atoms with Crippen molar-refractivity contribution in [3.05, 3.63) is 11.1 Å². The molecule has 4 heteroatoms. The van der Waals surface area contributed by atoms with Gasteiger partial charge in [0, 0.05) is 17.1 Å². The Morgan fingerprint density at radius 1 is 1.77 bits per heavy atom. The highest BCUT2D eigenvalue weighted by atomic mass is 32.1. The zero-order valence-corrected chi connectivity index (χ0v) is 8.67. The van der Waals surface area contributed by atoms with Crippen LogP contribution in [0.15, 0.2) is 6.20 Å². The Labute approximate surface area is 81.9 Å². The van der Waals surface area contributed by atoms with Gasteiger partial charge < -0.3 is 10.5 Å². The number of thiazole rings is 1. The van der Waals surface area contributed by atoms with E-state index in [4.69, 9.17) is 10.5 Å². The van der Waals surface area contributed by atoms with Crippen molar-refractivity contribution >= 4 is 11.3 Å². The Kier molecular flexibility index (Phi) is 2.26. The average Bonchev–Trinajstić information content (AvgIpc) is 2.78. The molecule has 1 aromatic rings. The van der Waals surface area contributed by atoms with Crippen molar-refractivity contribution in [3.63, 3.8) is 0 Å². The fraction of sp³-hybridized carbons (Fsp3) is 0.667. The number of nitrogens with zero attached hydrogens (tertiary/aromatic N) is 1. The highest BCUT2D eigenvalue weighted by molar-refractivity contribution is 7.13. The van der Waals surface area contributed by atoms with Crippen molar-refractivity contribution in [3.8, 4) is 5.19 Å². The maximum Gasteiger partial charge on any atom is 0.273 e. The lowest BCUT2D eigenvalue weighted by Gasteiger charge is -2.00. The van der Waals surface area contributed by atoms with Gasteiger partial charge in [-0.3, -0.25) is 0 Å². The molecule has 0 bridgehead atoms. The molecule has 1 fully saturated rings. The van der Waals surface area contributed by atoms with E-state index in [2.05, 4.69) is 11.9 Å². The Bertz CT molecular complexity index is 298. The van der Waals surface area contributed by atoms with Gasteiger partial charge in [-0.2, -0.15) is 0 Å². The number of nitrogens with two attached hydrogens (primary N) is 1. The normalized spacial score (nSPS) is 28.5. The van der Waals surface area contributed by atoms with Crippen molar-refractivity contribution in [2.75, 3.05) is 7.11 Å². The summed E-state index contributed by atoms with van der Waals surface area (Å²) >= 11 is 1.64. The smallest absolute Gasteiger partial charge is 0.273 e. The third-order valence-corrected chi connectivity index (χ3v) is 3.65. The molecule has 0 spiro atoms. The van der Waals surface area contributed by atoms with E-state index in [-0.39, 0.29) is 0 Å². The molecule has 2 rings (SSSR count). The molecule has 0 aromatic carbocycles. The third kappa shape index (κ3) is 1.69. The minimum atomic E-state index is 0.304. The Morgan fingerprint density at radius 3 is 3.00 bits per heavy atom. The lowest BCUT2D eigenvalue weighted by Crippen LogP contribution is -2.17. The highest BCUT2D eigenvalue weighted by Crippen LogP contribution is 2.51. The summed E-state index contributed by atoms with van der Waals surface area (Å²) in [7, 11) is 1.65. The number of ether oxygens (including phenoxy) is 1. The lowest BCUT2D eigenvalue weighted by molar-refractivity contribution is 0.412. The van der Waals surface area contributed by atoms with Gasteiger partial charge in [-0.25, -0.2) is 4.98 Å². The van der Waals surface area contributed by atoms with Gasteiger partial charge in [-0.05, 0) is 25.2 Å². The molecule has 1 aliphatic carbocycles. The first-order valence-corrected chi connectivity index (χ1v) is 5.29. The quantitative estimate of drug-likeness (QED) is 0.802. The van der Waals surface area contributed by atoms with Crippen LogP contribution in [0.3, 0.4) is 0 Å². The fourth-order valence-electron chi connectivity index (χ4n) is 1.66. The minimum absolute atomic E-state index is 0.304. The molecule has 1 aliphatic rings. The molecule has 3 unspecified atom stereocenters. The maximum atomic E-state index is 5.82. The van der Waals surface area contributed by atoms with Gasteiger partial charge in [-0.1, -0.05) is 11.3 Å². The molecule has 72 valence electrons. The summed E-state index contributed by atoms with van der Waals surface area (Å²) in [6, 6.07) is 0.304. The largest absolute Gasteiger partial charge is 0.473 e. The second-order valence-corrected chi connectivity index (χ2v) is 4.62. The molecule has 13 heavy (non-hydrogen) atoms. The highest BCUT2D eigenvalue weighted by Gasteiger charge is 2.41. The number of aromatic nitrogens is 1. The van der Waals surface area contributed by atoms with Crippen molar-refractivity contribution in [2.24, 2.45) is 11.7 Å². The first-order valence-electron chi connectivity index (χ1n) is 4.47. The van der Waals surface area contributed by atoms with E-state index < -0.39 is 0 Å². The first-order chi connectivity index (χ1) is 6.22. The average molecular weight is 198 g/mol. The number of rotatable bonds is 3. The molecule has 0 radical (unpaired) electrons. The predicted octanol–water partition coefficient (Wildman–Crippen LogP) is 1.60. The number of hydrogen-bond donors (Lipinski definition) is 1. The maximum absolute atomic E-state index is 5.82. The zero-order valence-electron chi connectivity index (χ0n) is 7.86. The van der Waals surface area contributed by atoms with Crippen molar-refractivity contribution in [1.82, 2.24) is 4.98 Å². The molecule has 3 nitrogen and oxygen atoms in total. The van der Waals surface area contributed by atoms with E-state index in [0.29, 0.717) is 17.9 Å². The standard InChI is InChI=1S/C9H14N2OS/c1-5(10)6-3-7(6)8-4-11-9(12-2)13-8/h4-7H,3,10H2,1-2H3. The van der Waals surface area contributed by atoms with Gasteiger partial charge in [0.25, 0.3) is 5.19 Å². The van der Waals surface area contributed by atoms with E-state index in [9.17, 15) is 0 Å². The number of methoxy groups -OCH3 is 1. The van der Waals surface area contributed by atoms with Crippen LogP contribution in [0, 0.1) is 5.92 Å². The SMILES string of the molecule is COc1ncc(C2CC2C(C)N)s1. The predicted molar refractivity (Wildman–Crippen MR) is 53.2 cm³/mol. The molecule has 1 heterocycles. The molecule has 3 atom stereocenters. The summed E-state index contributed by atoms with van der Waals surface area (Å²) in [4.78, 5) is 5.46. The van der Waals surface area contributed by atoms with Crippen LogP contribution < -0.4 is 10.5 Å². The molecule has 0 saturated heterocycles. The summed E-state index contributed by atoms with van der Waals surface area (Å²) in [6.45, 7) is 2.07. The molecule has 0 amide bonds. The summed E-state index contributed by atoms with van der Waals surface area (Å²) in [5.74, 6) is 1.30. The summed E-state index contributed by atoms with van der Waals surface area (Å²) in [5.41, 5.74) is 5.82. The van der Waals surface area contributed by atoms with Crippen molar-refractivity contribution in [1.29, 1.82) is 0 Å². The van der Waals surface area contributed by atoms with Crippen LogP contribution in [0.1, 0.15) is 24.1 Å². The summed E-state index contributed by atoms with van der Waals surface area (Å²) in [5, 5.41) is 0.755. The van der Waals surface area contributed by atoms with Gasteiger partial charge in [0.2, 0.25) is 0 Å². The monoisotopic (exact) mass is 198 g/mol. The molecule has 1 aromatic heterocycles. The number of hydrogen-bond acceptors (Lipinski definition) is 4. The van der Waals surface area contributed by atoms with Crippen LogP contribution in [-0.4, -0.2) is 18.1 Å². The molecule has 2 N–H and O–H groups in total. The Morgan fingerprint density at radius 2 is 2.54 bits per heavy atom. The van der Waals surface area contributed by atoms with Crippen LogP contribution in [-0.2, 0) is 0 Å². The summed E-state index contributed by atoms with van der Waals surface area (Å²) < 4.78 is 5.04. The van der Waals surface area contributed by atoms with Gasteiger partial charge in [0.1, 0.15) is 0 Å². The molecular formula is C9H14N2OS. The van der Waals surface area contributed by atoms with E-state index in [1.165, 1.54) is 11.3 Å². The zero-order chi connectivity index (χ0) is 9.42. The second kappa shape index (κ2) is 3.27. The van der Waals surface area contributed by atoms with Crippen LogP contribution in [0.25, 0.3) is 0 Å². The Hall–Kier alpha value is -0.610. The molecule has 1 saturated carbocycles. The van der Waals surface area contributed by atoms with Crippen LogP contribution in [0.5, 0.6) is 5.19 Å². The first kappa shape index (κ1) is 8.97.